The normalized spacial score (nSPS) is 17.2. The summed E-state index contributed by atoms with van der Waals surface area (Å²) in [5, 5.41) is -3.48. The molecule has 3 heterocycles. The van der Waals surface area contributed by atoms with Gasteiger partial charge in [-0.3, -0.25) is 14.5 Å². The minimum Gasteiger partial charge on any atom is -0.382 e. The predicted molar refractivity (Wildman–Crippen MR) is 158 cm³/mol. The van der Waals surface area contributed by atoms with E-state index in [-0.39, 0.29) is 44.6 Å². The third-order valence-corrected chi connectivity index (χ3v) is 9.43. The van der Waals surface area contributed by atoms with Crippen LogP contribution in [0.1, 0.15) is 39.6 Å². The van der Waals surface area contributed by atoms with Crippen molar-refractivity contribution in [2.45, 2.75) is 34.2 Å². The topological polar surface area (TPSA) is 85.9 Å². The largest absolute Gasteiger partial charge is 0.382 e. The van der Waals surface area contributed by atoms with Crippen molar-refractivity contribution in [2.75, 3.05) is 38.8 Å². The Kier molecular flexibility index (Phi) is 8.78. The maximum atomic E-state index is 14.1. The van der Waals surface area contributed by atoms with Crippen LogP contribution in [0.3, 0.4) is 0 Å². The van der Waals surface area contributed by atoms with Gasteiger partial charge in [-0.15, -0.1) is 0 Å². The van der Waals surface area contributed by atoms with Crippen LogP contribution in [0.25, 0.3) is 0 Å². The van der Waals surface area contributed by atoms with Crippen LogP contribution in [-0.4, -0.2) is 60.6 Å². The van der Waals surface area contributed by atoms with E-state index >= 15 is 0 Å². The zero-order valence-electron chi connectivity index (χ0n) is 22.4. The van der Waals surface area contributed by atoms with Crippen LogP contribution < -0.4 is 10.5 Å². The number of aromatic amines is 1. The number of amides is 3. The van der Waals surface area contributed by atoms with E-state index in [4.69, 9.17) is 39.5 Å². The zero-order valence-corrected chi connectivity index (χ0v) is 25.5. The molecule has 2 aliphatic heterocycles. The monoisotopic (exact) mass is 656 g/mol. The van der Waals surface area contributed by atoms with Crippen LogP contribution >= 0.6 is 46.6 Å². The Bertz CT molecular complexity index is 1600. The van der Waals surface area contributed by atoms with Crippen molar-refractivity contribution in [2.24, 2.45) is 0 Å². The summed E-state index contributed by atoms with van der Waals surface area (Å²) >= 11 is 18.7. The molecule has 5 rings (SSSR count). The SMILES string of the molecule is COCC1c2cc(N3CCCN(C)C3=O)ccc2CN1C(=O)c1c(Sc2c(Cl)cccc2Cl)cc(C(F)(F)Cl)[nH]c1=O. The van der Waals surface area contributed by atoms with Crippen LogP contribution in [0.15, 0.2) is 57.1 Å². The fraction of sp³-hybridized carbons (Fsp3) is 0.321. The number of methoxy groups -OCH3 is 1. The highest BCUT2D eigenvalue weighted by atomic mass is 35.5. The van der Waals surface area contributed by atoms with Gasteiger partial charge in [0.25, 0.3) is 11.5 Å². The summed E-state index contributed by atoms with van der Waals surface area (Å²) in [4.78, 5) is 47.2. The van der Waals surface area contributed by atoms with Gasteiger partial charge in [0.05, 0.1) is 22.7 Å². The number of rotatable bonds is 7. The summed E-state index contributed by atoms with van der Waals surface area (Å²) < 4.78 is 33.7. The standard InChI is InChI=1S/C28H25Cl3F2N4O4S/c1-35-9-4-10-36(27(35)40)16-8-7-15-13-37(20(14-41-2)17(15)11-16)26(39)23-21(12-22(28(31,32)33)34-25(23)38)42-24-18(29)5-3-6-19(24)30/h3,5-8,11-12,20H,4,9-10,13-14H2,1-2H3,(H,34,38). The summed E-state index contributed by atoms with van der Waals surface area (Å²) in [5.74, 6) is -0.708. The maximum absolute atomic E-state index is 14.1. The first-order chi connectivity index (χ1) is 19.9. The lowest BCUT2D eigenvalue weighted by atomic mass is 10.0. The Balaban J connectivity index is 1.56. The number of benzene rings is 2. The van der Waals surface area contributed by atoms with E-state index in [0.29, 0.717) is 18.8 Å². The van der Waals surface area contributed by atoms with Gasteiger partial charge in [0.1, 0.15) is 11.3 Å². The van der Waals surface area contributed by atoms with Crippen molar-refractivity contribution >= 4 is 64.2 Å². The van der Waals surface area contributed by atoms with Gasteiger partial charge < -0.3 is 19.5 Å². The number of fused-ring (bicyclic) bond motifs is 1. The molecule has 222 valence electrons. The first-order valence-electron chi connectivity index (χ1n) is 12.8. The molecule has 0 spiro atoms. The third-order valence-electron chi connectivity index (χ3n) is 7.18. The fourth-order valence-corrected chi connectivity index (χ4v) is 6.87. The number of hydrogen-bond donors (Lipinski definition) is 1. The Morgan fingerprint density at radius 3 is 2.52 bits per heavy atom. The van der Waals surface area contributed by atoms with Crippen LogP contribution in [0.4, 0.5) is 19.3 Å². The molecule has 1 atom stereocenters. The number of pyridine rings is 1. The number of carbonyl (C=O) groups is 2. The number of hydrogen-bond acceptors (Lipinski definition) is 5. The number of anilines is 1. The van der Waals surface area contributed by atoms with E-state index in [2.05, 4.69) is 4.98 Å². The lowest BCUT2D eigenvalue weighted by Crippen LogP contribution is -2.47. The smallest absolute Gasteiger partial charge is 0.362 e. The third kappa shape index (κ3) is 5.85. The van der Waals surface area contributed by atoms with E-state index < -0.39 is 28.6 Å². The van der Waals surface area contributed by atoms with Crippen molar-refractivity contribution in [1.82, 2.24) is 14.8 Å². The molecule has 3 aromatic rings. The summed E-state index contributed by atoms with van der Waals surface area (Å²) in [7, 11) is 3.22. The van der Waals surface area contributed by atoms with Crippen molar-refractivity contribution in [3.05, 3.63) is 85.2 Å². The minimum absolute atomic E-state index is 0.0879. The van der Waals surface area contributed by atoms with Crippen molar-refractivity contribution in [3.8, 4) is 0 Å². The molecule has 1 unspecified atom stereocenters. The number of urea groups is 1. The second-order valence-corrected chi connectivity index (χ2v) is 12.2. The molecule has 1 N–H and O–H groups in total. The van der Waals surface area contributed by atoms with Crippen molar-refractivity contribution < 1.29 is 23.1 Å². The number of nitrogens with zero attached hydrogens (tertiary/aromatic N) is 3. The highest BCUT2D eigenvalue weighted by Crippen LogP contribution is 2.43. The number of H-pyrrole nitrogens is 1. The lowest BCUT2D eigenvalue weighted by molar-refractivity contribution is 0.0553. The lowest BCUT2D eigenvalue weighted by Gasteiger charge is -2.33. The zero-order chi connectivity index (χ0) is 30.3. The number of alkyl halides is 3. The predicted octanol–water partition coefficient (Wildman–Crippen LogP) is 6.73. The number of ether oxygens (including phenoxy) is 1. The van der Waals surface area contributed by atoms with Crippen LogP contribution in [0.5, 0.6) is 0 Å². The molecule has 1 saturated heterocycles. The van der Waals surface area contributed by atoms with E-state index in [1.165, 1.54) is 12.0 Å². The molecule has 0 aliphatic carbocycles. The number of aromatic nitrogens is 1. The molecule has 3 amide bonds. The number of halogens is 5. The number of carbonyl (C=O) groups excluding carboxylic acids is 2. The Morgan fingerprint density at radius 1 is 1.14 bits per heavy atom. The van der Waals surface area contributed by atoms with E-state index in [9.17, 15) is 23.2 Å². The molecule has 1 aromatic heterocycles. The first kappa shape index (κ1) is 30.6. The Labute approximate surface area is 259 Å². The molecule has 8 nitrogen and oxygen atoms in total. The molecule has 2 aromatic carbocycles. The molecular formula is C28H25Cl3F2N4O4S. The summed E-state index contributed by atoms with van der Waals surface area (Å²) in [5.41, 5.74) is -0.0591. The average Bonchev–Trinajstić information content (AvgIpc) is 3.29. The van der Waals surface area contributed by atoms with Crippen LogP contribution in [-0.2, 0) is 16.7 Å². The van der Waals surface area contributed by atoms with Gasteiger partial charge in [-0.05, 0) is 59.5 Å². The fourth-order valence-electron chi connectivity index (χ4n) is 5.13. The molecule has 2 aliphatic rings. The summed E-state index contributed by atoms with van der Waals surface area (Å²) in [6.45, 7) is 1.43. The van der Waals surface area contributed by atoms with Gasteiger partial charge in [0.15, 0.2) is 0 Å². The Morgan fingerprint density at radius 2 is 1.86 bits per heavy atom. The highest BCUT2D eigenvalue weighted by Gasteiger charge is 2.39. The van der Waals surface area contributed by atoms with Gasteiger partial charge in [-0.25, -0.2) is 4.79 Å². The van der Waals surface area contributed by atoms with Crippen LogP contribution in [0, 0.1) is 0 Å². The van der Waals surface area contributed by atoms with Crippen molar-refractivity contribution in [3.63, 3.8) is 0 Å². The van der Waals surface area contributed by atoms with Crippen molar-refractivity contribution in [1.29, 1.82) is 0 Å². The van der Waals surface area contributed by atoms with Gasteiger partial charge in [-0.1, -0.05) is 47.1 Å². The second kappa shape index (κ2) is 12.0. The van der Waals surface area contributed by atoms with E-state index in [1.54, 1.807) is 35.0 Å². The highest BCUT2D eigenvalue weighted by molar-refractivity contribution is 7.99. The summed E-state index contributed by atoms with van der Waals surface area (Å²) in [6, 6.07) is 10.4. The first-order valence-corrected chi connectivity index (χ1v) is 14.8. The van der Waals surface area contributed by atoms with Gasteiger partial charge in [-0.2, -0.15) is 8.78 Å². The quantitative estimate of drug-likeness (QED) is 0.285. The molecule has 14 heteroatoms. The van der Waals surface area contributed by atoms with E-state index in [0.717, 1.165) is 35.4 Å². The van der Waals surface area contributed by atoms with Crippen LogP contribution in [0.2, 0.25) is 10.0 Å². The second-order valence-electron chi connectivity index (χ2n) is 9.90. The molecule has 0 saturated carbocycles. The minimum atomic E-state index is -3.90. The molecular weight excluding hydrogens is 633 g/mol. The molecule has 42 heavy (non-hydrogen) atoms. The average molecular weight is 658 g/mol. The molecule has 1 fully saturated rings. The van der Waals surface area contributed by atoms with Gasteiger partial charge >= 0.3 is 11.4 Å². The van der Waals surface area contributed by atoms with Gasteiger partial charge in [0.2, 0.25) is 0 Å². The van der Waals surface area contributed by atoms with E-state index in [1.807, 2.05) is 18.2 Å². The van der Waals surface area contributed by atoms with Gasteiger partial charge in [0, 0.05) is 49.3 Å². The maximum Gasteiger partial charge on any atom is 0.362 e. The number of nitrogens with one attached hydrogen (secondary N) is 1. The Hall–Kier alpha value is -2.83. The molecule has 0 radical (unpaired) electrons. The summed E-state index contributed by atoms with van der Waals surface area (Å²) in [6.07, 6.45) is 0.807. The molecule has 0 bridgehead atoms.